The molecule has 0 heterocycles. The zero-order valence-corrected chi connectivity index (χ0v) is 10.1. The second-order valence-electron chi connectivity index (χ2n) is 4.72. The maximum atomic E-state index is 3.77. The van der Waals surface area contributed by atoms with Crippen molar-refractivity contribution < 1.29 is 0 Å². The van der Waals surface area contributed by atoms with Crippen LogP contribution in [-0.4, -0.2) is 6.04 Å². The summed E-state index contributed by atoms with van der Waals surface area (Å²) in [6, 6.07) is 9.95. The summed E-state index contributed by atoms with van der Waals surface area (Å²) in [5.41, 5.74) is 3.03. The third-order valence-electron chi connectivity index (χ3n) is 3.42. The van der Waals surface area contributed by atoms with Crippen molar-refractivity contribution >= 4 is 0 Å². The molecule has 0 bridgehead atoms. The van der Waals surface area contributed by atoms with Crippen molar-refractivity contribution in [1.29, 1.82) is 0 Å². The standard InChI is InChI=1S/C15H21N/c1-3-4-7-12(2)16-15-11-10-13-8-5-6-9-14(13)15/h3,5-6,8-9,12,15-16H,1,4,7,10-11H2,2H3. The molecule has 1 aliphatic carbocycles. The van der Waals surface area contributed by atoms with Crippen LogP contribution in [0.1, 0.15) is 43.4 Å². The molecule has 1 aromatic rings. The van der Waals surface area contributed by atoms with Crippen LogP contribution in [0, 0.1) is 0 Å². The molecular weight excluding hydrogens is 194 g/mol. The highest BCUT2D eigenvalue weighted by atomic mass is 14.9. The van der Waals surface area contributed by atoms with Crippen molar-refractivity contribution in [3.63, 3.8) is 0 Å². The van der Waals surface area contributed by atoms with E-state index in [4.69, 9.17) is 0 Å². The summed E-state index contributed by atoms with van der Waals surface area (Å²) in [6.45, 7) is 6.04. The average molecular weight is 215 g/mol. The molecule has 1 aromatic carbocycles. The highest BCUT2D eigenvalue weighted by Gasteiger charge is 2.22. The predicted molar refractivity (Wildman–Crippen MR) is 69.5 cm³/mol. The second-order valence-corrected chi connectivity index (χ2v) is 4.72. The molecule has 2 atom stereocenters. The Bertz CT molecular complexity index is 356. The van der Waals surface area contributed by atoms with Crippen molar-refractivity contribution in [2.45, 2.75) is 44.7 Å². The zero-order valence-electron chi connectivity index (χ0n) is 10.1. The molecule has 1 nitrogen and oxygen atoms in total. The van der Waals surface area contributed by atoms with Crippen LogP contribution in [0.15, 0.2) is 36.9 Å². The van der Waals surface area contributed by atoms with Crippen LogP contribution in [0.5, 0.6) is 0 Å². The topological polar surface area (TPSA) is 12.0 Å². The van der Waals surface area contributed by atoms with Crippen LogP contribution < -0.4 is 5.32 Å². The van der Waals surface area contributed by atoms with E-state index in [9.17, 15) is 0 Å². The molecule has 0 amide bonds. The van der Waals surface area contributed by atoms with E-state index in [1.807, 2.05) is 6.08 Å². The lowest BCUT2D eigenvalue weighted by atomic mass is 10.1. The van der Waals surface area contributed by atoms with E-state index in [0.717, 1.165) is 6.42 Å². The number of benzene rings is 1. The maximum absolute atomic E-state index is 3.77. The minimum atomic E-state index is 0.566. The van der Waals surface area contributed by atoms with E-state index in [-0.39, 0.29) is 0 Å². The van der Waals surface area contributed by atoms with Crippen molar-refractivity contribution in [3.8, 4) is 0 Å². The van der Waals surface area contributed by atoms with Crippen molar-refractivity contribution in [1.82, 2.24) is 5.32 Å². The molecule has 0 saturated carbocycles. The molecule has 1 N–H and O–H groups in total. The molecule has 0 radical (unpaired) electrons. The normalized spacial score (nSPS) is 20.4. The lowest BCUT2D eigenvalue weighted by Gasteiger charge is -2.19. The summed E-state index contributed by atoms with van der Waals surface area (Å²) >= 11 is 0. The molecule has 0 fully saturated rings. The predicted octanol–water partition coefficient (Wildman–Crippen LogP) is 3.62. The molecule has 16 heavy (non-hydrogen) atoms. The van der Waals surface area contributed by atoms with Gasteiger partial charge >= 0.3 is 0 Å². The van der Waals surface area contributed by atoms with Gasteiger partial charge in [0.15, 0.2) is 0 Å². The van der Waals surface area contributed by atoms with Gasteiger partial charge in [0.05, 0.1) is 0 Å². The molecule has 2 rings (SSSR count). The van der Waals surface area contributed by atoms with E-state index >= 15 is 0 Å². The summed E-state index contributed by atoms with van der Waals surface area (Å²) in [5.74, 6) is 0. The summed E-state index contributed by atoms with van der Waals surface area (Å²) in [6.07, 6.45) is 6.76. The van der Waals surface area contributed by atoms with Gasteiger partial charge < -0.3 is 5.32 Å². The Balaban J connectivity index is 1.95. The molecule has 0 spiro atoms. The Morgan fingerprint density at radius 3 is 3.12 bits per heavy atom. The van der Waals surface area contributed by atoms with E-state index < -0.39 is 0 Å². The van der Waals surface area contributed by atoms with Crippen LogP contribution >= 0.6 is 0 Å². The van der Waals surface area contributed by atoms with E-state index in [2.05, 4.69) is 43.1 Å². The minimum absolute atomic E-state index is 0.566. The van der Waals surface area contributed by atoms with Gasteiger partial charge in [0.1, 0.15) is 0 Å². The Kier molecular flexibility index (Phi) is 3.79. The lowest BCUT2D eigenvalue weighted by Crippen LogP contribution is -2.29. The molecule has 2 unspecified atom stereocenters. The fourth-order valence-corrected chi connectivity index (χ4v) is 2.52. The third-order valence-corrected chi connectivity index (χ3v) is 3.42. The third kappa shape index (κ3) is 2.53. The number of aryl methyl sites for hydroxylation is 1. The van der Waals surface area contributed by atoms with Crippen LogP contribution in [0.3, 0.4) is 0 Å². The molecule has 86 valence electrons. The summed E-state index contributed by atoms with van der Waals surface area (Å²) in [4.78, 5) is 0. The van der Waals surface area contributed by atoms with E-state index in [0.29, 0.717) is 12.1 Å². The monoisotopic (exact) mass is 215 g/mol. The first-order valence-electron chi connectivity index (χ1n) is 6.26. The van der Waals surface area contributed by atoms with Crippen molar-refractivity contribution in [3.05, 3.63) is 48.0 Å². The minimum Gasteiger partial charge on any atom is -0.307 e. The Hall–Kier alpha value is -1.08. The number of allylic oxidation sites excluding steroid dienone is 1. The largest absolute Gasteiger partial charge is 0.307 e. The summed E-state index contributed by atoms with van der Waals surface area (Å²) in [7, 11) is 0. The first kappa shape index (κ1) is 11.4. The van der Waals surface area contributed by atoms with E-state index in [1.165, 1.54) is 30.4 Å². The van der Waals surface area contributed by atoms with E-state index in [1.54, 1.807) is 0 Å². The summed E-state index contributed by atoms with van der Waals surface area (Å²) in [5, 5.41) is 3.72. The Morgan fingerprint density at radius 1 is 1.50 bits per heavy atom. The number of nitrogens with one attached hydrogen (secondary N) is 1. The van der Waals surface area contributed by atoms with Gasteiger partial charge in [-0.3, -0.25) is 0 Å². The Morgan fingerprint density at radius 2 is 2.31 bits per heavy atom. The van der Waals surface area contributed by atoms with Crippen LogP contribution in [0.25, 0.3) is 0 Å². The van der Waals surface area contributed by atoms with Gasteiger partial charge in [-0.05, 0) is 43.7 Å². The fourth-order valence-electron chi connectivity index (χ4n) is 2.52. The molecule has 0 saturated heterocycles. The molecule has 0 aromatic heterocycles. The molecular formula is C15H21N. The highest BCUT2D eigenvalue weighted by Crippen LogP contribution is 2.31. The number of fused-ring (bicyclic) bond motifs is 1. The summed E-state index contributed by atoms with van der Waals surface area (Å²) < 4.78 is 0. The smallest absolute Gasteiger partial charge is 0.0328 e. The van der Waals surface area contributed by atoms with Gasteiger partial charge in [-0.2, -0.15) is 0 Å². The Labute approximate surface area is 98.6 Å². The van der Waals surface area contributed by atoms with Crippen molar-refractivity contribution in [2.75, 3.05) is 0 Å². The van der Waals surface area contributed by atoms with Gasteiger partial charge in [-0.25, -0.2) is 0 Å². The number of hydrogen-bond acceptors (Lipinski definition) is 1. The van der Waals surface area contributed by atoms with Gasteiger partial charge in [-0.15, -0.1) is 6.58 Å². The quantitative estimate of drug-likeness (QED) is 0.740. The van der Waals surface area contributed by atoms with Gasteiger partial charge in [0.2, 0.25) is 0 Å². The average Bonchev–Trinajstić information content (AvgIpc) is 2.70. The lowest BCUT2D eigenvalue weighted by molar-refractivity contribution is 0.436. The number of hydrogen-bond donors (Lipinski definition) is 1. The zero-order chi connectivity index (χ0) is 11.4. The van der Waals surface area contributed by atoms with Gasteiger partial charge in [-0.1, -0.05) is 30.3 Å². The SMILES string of the molecule is C=CCCC(C)NC1CCc2ccccc21. The maximum Gasteiger partial charge on any atom is 0.0328 e. The molecule has 1 heteroatoms. The molecule has 0 aliphatic heterocycles. The van der Waals surface area contributed by atoms with Crippen LogP contribution in [0.2, 0.25) is 0 Å². The van der Waals surface area contributed by atoms with Crippen LogP contribution in [0.4, 0.5) is 0 Å². The fraction of sp³-hybridized carbons (Fsp3) is 0.467. The first-order chi connectivity index (χ1) is 7.81. The first-order valence-corrected chi connectivity index (χ1v) is 6.26. The second kappa shape index (κ2) is 5.31. The van der Waals surface area contributed by atoms with Crippen molar-refractivity contribution in [2.24, 2.45) is 0 Å². The van der Waals surface area contributed by atoms with Crippen LogP contribution in [-0.2, 0) is 6.42 Å². The van der Waals surface area contributed by atoms with Gasteiger partial charge in [0, 0.05) is 12.1 Å². The number of rotatable bonds is 5. The highest BCUT2D eigenvalue weighted by molar-refractivity contribution is 5.34. The molecule has 1 aliphatic rings. The van der Waals surface area contributed by atoms with Gasteiger partial charge in [0.25, 0.3) is 0 Å².